The Hall–Kier alpha value is -0.790. The lowest BCUT2D eigenvalue weighted by Crippen LogP contribution is -2.54. The average molecular weight is 286 g/mol. The number of hydrogen-bond acceptors (Lipinski definition) is 6. The summed E-state index contributed by atoms with van der Waals surface area (Å²) in [6, 6.07) is 0. The first-order chi connectivity index (χ1) is 9.39. The van der Waals surface area contributed by atoms with Gasteiger partial charge in [0.05, 0.1) is 0 Å². The van der Waals surface area contributed by atoms with E-state index in [1.54, 1.807) is 6.92 Å². The van der Waals surface area contributed by atoms with Gasteiger partial charge in [-0.05, 0) is 25.3 Å². The third-order valence-electron chi connectivity index (χ3n) is 4.10. The molecule has 6 nitrogen and oxygen atoms in total. The molecule has 20 heavy (non-hydrogen) atoms. The number of rotatable bonds is 6. The summed E-state index contributed by atoms with van der Waals surface area (Å²) in [5.41, 5.74) is 0. The first-order valence-corrected chi connectivity index (χ1v) is 6.79. The minimum atomic E-state index is -1.20. The first kappa shape index (κ1) is 15.6. The van der Waals surface area contributed by atoms with Crippen molar-refractivity contribution in [3.8, 4) is 0 Å². The molecule has 2 saturated heterocycles. The molecule has 6 heteroatoms. The summed E-state index contributed by atoms with van der Waals surface area (Å²) in [4.78, 5) is 20.9. The Morgan fingerprint density at radius 2 is 2.10 bits per heavy atom. The smallest absolute Gasteiger partial charge is 0.236 e. The van der Waals surface area contributed by atoms with Gasteiger partial charge < -0.3 is 14.6 Å². The van der Waals surface area contributed by atoms with Crippen molar-refractivity contribution in [3.05, 3.63) is 12.2 Å². The number of ether oxygens (including phenoxy) is 2. The number of carbonyl (C=O) groups excluding carboxylic acids is 1. The van der Waals surface area contributed by atoms with E-state index in [1.165, 1.54) is 13.2 Å². The molecule has 2 bridgehead atoms. The van der Waals surface area contributed by atoms with Crippen molar-refractivity contribution < 1.29 is 29.1 Å². The maximum Gasteiger partial charge on any atom is 0.236 e. The van der Waals surface area contributed by atoms with E-state index in [1.807, 2.05) is 19.9 Å². The largest absolute Gasteiger partial charge is 0.384 e. The van der Waals surface area contributed by atoms with Gasteiger partial charge >= 0.3 is 0 Å². The highest BCUT2D eigenvalue weighted by molar-refractivity contribution is 5.64. The van der Waals surface area contributed by atoms with Gasteiger partial charge in [0.2, 0.25) is 11.6 Å². The van der Waals surface area contributed by atoms with Gasteiger partial charge in [-0.25, -0.2) is 0 Å². The van der Waals surface area contributed by atoms with Gasteiger partial charge in [-0.1, -0.05) is 19.9 Å². The van der Waals surface area contributed by atoms with Crippen LogP contribution in [0.15, 0.2) is 12.2 Å². The Balaban J connectivity index is 2.13. The molecule has 6 unspecified atom stereocenters. The second-order valence-electron chi connectivity index (χ2n) is 5.74. The van der Waals surface area contributed by atoms with Gasteiger partial charge in [-0.3, -0.25) is 4.79 Å². The molecule has 114 valence electrons. The maximum absolute atomic E-state index is 10.4. The zero-order valence-electron chi connectivity index (χ0n) is 12.2. The molecular formula is C14H22O6. The van der Waals surface area contributed by atoms with Crippen molar-refractivity contribution in [2.24, 2.45) is 11.8 Å². The normalized spacial score (nSPS) is 43.0. The molecule has 0 aliphatic carbocycles. The molecule has 2 heterocycles. The molecule has 0 radical (unpaired) electrons. The average Bonchev–Trinajstić information content (AvgIpc) is 2.87. The van der Waals surface area contributed by atoms with E-state index in [-0.39, 0.29) is 11.8 Å². The van der Waals surface area contributed by atoms with Crippen LogP contribution in [-0.2, 0) is 24.0 Å². The van der Waals surface area contributed by atoms with E-state index >= 15 is 0 Å². The van der Waals surface area contributed by atoms with Crippen molar-refractivity contribution in [3.63, 3.8) is 0 Å². The molecule has 6 atom stereocenters. The quantitative estimate of drug-likeness (QED) is 0.449. The molecule has 2 fully saturated rings. The van der Waals surface area contributed by atoms with Crippen LogP contribution < -0.4 is 0 Å². The number of methoxy groups -OCH3 is 1. The van der Waals surface area contributed by atoms with E-state index in [2.05, 4.69) is 0 Å². The molecular weight excluding hydrogens is 264 g/mol. The van der Waals surface area contributed by atoms with Crippen LogP contribution in [0.5, 0.6) is 0 Å². The van der Waals surface area contributed by atoms with Crippen molar-refractivity contribution in [2.75, 3.05) is 7.11 Å². The highest BCUT2D eigenvalue weighted by Crippen LogP contribution is 2.52. The van der Waals surface area contributed by atoms with Crippen molar-refractivity contribution in [1.29, 1.82) is 0 Å². The molecule has 0 amide bonds. The van der Waals surface area contributed by atoms with Crippen LogP contribution in [-0.4, -0.2) is 42.3 Å². The minimum absolute atomic E-state index is 0.0854. The maximum atomic E-state index is 10.4. The molecule has 0 saturated carbocycles. The highest BCUT2D eigenvalue weighted by atomic mass is 17.3. The zero-order chi connectivity index (χ0) is 15.0. The second kappa shape index (κ2) is 5.54. The van der Waals surface area contributed by atoms with Gasteiger partial charge in [0.25, 0.3) is 0 Å². The fraction of sp³-hybridized carbons (Fsp3) is 0.786. The third-order valence-corrected chi connectivity index (χ3v) is 4.10. The van der Waals surface area contributed by atoms with Crippen LogP contribution in [0.1, 0.15) is 27.2 Å². The predicted octanol–water partition coefficient (Wildman–Crippen LogP) is 1.18. The summed E-state index contributed by atoms with van der Waals surface area (Å²) in [6.45, 7) is 5.57. The fourth-order valence-corrected chi connectivity index (χ4v) is 3.00. The van der Waals surface area contributed by atoms with E-state index in [0.717, 1.165) is 6.29 Å². The lowest BCUT2D eigenvalue weighted by Gasteiger charge is -2.36. The number of carbonyl (C=O) groups is 1. The second-order valence-corrected chi connectivity index (χ2v) is 5.74. The number of hydrogen-bond donors (Lipinski definition) is 1. The van der Waals surface area contributed by atoms with Gasteiger partial charge in [-0.15, -0.1) is 0 Å². The van der Waals surface area contributed by atoms with Crippen molar-refractivity contribution >= 4 is 6.29 Å². The van der Waals surface area contributed by atoms with Gasteiger partial charge in [0, 0.05) is 13.0 Å². The van der Waals surface area contributed by atoms with Crippen molar-refractivity contribution in [1.82, 2.24) is 0 Å². The molecule has 0 spiro atoms. The van der Waals surface area contributed by atoms with Crippen LogP contribution in [0.4, 0.5) is 0 Å². The monoisotopic (exact) mass is 286 g/mol. The number of fused-ring (bicyclic) bond motifs is 2. The Morgan fingerprint density at radius 1 is 1.40 bits per heavy atom. The van der Waals surface area contributed by atoms with E-state index in [9.17, 15) is 9.90 Å². The Morgan fingerprint density at radius 3 is 2.70 bits per heavy atom. The van der Waals surface area contributed by atoms with Gasteiger partial charge in [0.1, 0.15) is 18.5 Å². The summed E-state index contributed by atoms with van der Waals surface area (Å²) in [5.74, 6) is -2.24. The minimum Gasteiger partial charge on any atom is -0.384 e. The molecule has 0 aromatic heterocycles. The number of allylic oxidation sites excluding steroid dienone is 2. The molecule has 2 aliphatic heterocycles. The lowest BCUT2D eigenvalue weighted by molar-refractivity contribution is -0.419. The molecule has 2 rings (SSSR count). The molecule has 2 aliphatic rings. The van der Waals surface area contributed by atoms with E-state index in [4.69, 9.17) is 19.2 Å². The summed E-state index contributed by atoms with van der Waals surface area (Å²) in [6.07, 6.45) is 3.23. The van der Waals surface area contributed by atoms with E-state index in [0.29, 0.717) is 6.42 Å². The lowest BCUT2D eigenvalue weighted by atomic mass is 9.86. The number of aliphatic hydroxyl groups is 1. The summed E-state index contributed by atoms with van der Waals surface area (Å²) >= 11 is 0. The highest BCUT2D eigenvalue weighted by Gasteiger charge is 2.71. The molecule has 0 aromatic carbocycles. The SMILES string of the molecule is COC1C(O)C2(C)OOC1(C(C)CC(C)/C=C/C=O)O2. The third kappa shape index (κ3) is 2.31. The standard InChI is InChI=1S/C14H22O6/c1-9(6-5-7-15)8-10(2)14-12(17-4)11(16)13(3,18-14)19-20-14/h5-7,9-12,16H,8H2,1-4H3/b6-5+. The van der Waals surface area contributed by atoms with Crippen LogP contribution >= 0.6 is 0 Å². The summed E-state index contributed by atoms with van der Waals surface area (Å²) in [5, 5.41) is 10.2. The van der Waals surface area contributed by atoms with Crippen LogP contribution in [0, 0.1) is 11.8 Å². The summed E-state index contributed by atoms with van der Waals surface area (Å²) in [7, 11) is 1.51. The topological polar surface area (TPSA) is 74.2 Å². The first-order valence-electron chi connectivity index (χ1n) is 6.79. The number of aldehydes is 1. The van der Waals surface area contributed by atoms with Gasteiger partial charge in [-0.2, -0.15) is 9.78 Å². The molecule has 0 aromatic rings. The summed E-state index contributed by atoms with van der Waals surface area (Å²) < 4.78 is 11.2. The number of aliphatic hydroxyl groups excluding tert-OH is 1. The van der Waals surface area contributed by atoms with Crippen LogP contribution in [0.25, 0.3) is 0 Å². The van der Waals surface area contributed by atoms with Gasteiger partial charge in [0.15, 0.2) is 0 Å². The van der Waals surface area contributed by atoms with Crippen molar-refractivity contribution in [2.45, 2.75) is 51.0 Å². The van der Waals surface area contributed by atoms with Crippen LogP contribution in [0.2, 0.25) is 0 Å². The fourth-order valence-electron chi connectivity index (χ4n) is 3.00. The molecule has 1 N–H and O–H groups in total. The Kier molecular flexibility index (Phi) is 4.32. The predicted molar refractivity (Wildman–Crippen MR) is 69.3 cm³/mol. The van der Waals surface area contributed by atoms with Crippen LogP contribution in [0.3, 0.4) is 0 Å². The Labute approximate surface area is 118 Å². The Bertz CT molecular complexity index is 397. The van der Waals surface area contributed by atoms with E-state index < -0.39 is 23.8 Å². The zero-order valence-corrected chi connectivity index (χ0v) is 12.2.